The van der Waals surface area contributed by atoms with E-state index in [1.807, 2.05) is 0 Å². The minimum atomic E-state index is -2.17. The summed E-state index contributed by atoms with van der Waals surface area (Å²) in [7, 11) is -2.17. The van der Waals surface area contributed by atoms with Crippen LogP contribution in [-0.4, -0.2) is 45.4 Å². The number of hydrogen-bond donors (Lipinski definition) is 3. The predicted molar refractivity (Wildman–Crippen MR) is 27.6 cm³/mol. The first kappa shape index (κ1) is 23.6. The first-order valence-corrected chi connectivity index (χ1v) is 0.775. The largest absolute Gasteiger partial charge is 2.00 e. The Morgan fingerprint density at radius 1 is 1.14 bits per heavy atom. The second-order valence-electron chi connectivity index (χ2n) is 0.346. The fourth-order valence-corrected chi connectivity index (χ4v) is 0. The van der Waals surface area contributed by atoms with Gasteiger partial charge in [0.05, 0.1) is 0 Å². The van der Waals surface area contributed by atoms with Crippen LogP contribution in [0.2, 0.25) is 0 Å². The van der Waals surface area contributed by atoms with Crippen LogP contribution in [0.5, 0.6) is 0 Å². The van der Waals surface area contributed by atoms with Crippen molar-refractivity contribution >= 4 is 42.8 Å². The molecule has 0 aromatic heterocycles. The van der Waals surface area contributed by atoms with E-state index in [1.54, 1.807) is 0 Å². The van der Waals surface area contributed by atoms with Gasteiger partial charge in [0, 0.05) is 17.1 Å². The molecule has 0 unspecified atom stereocenters. The molecule has 0 aliphatic heterocycles. The SMILES string of the molecule is Cl.OB(O)O.[Fe].[H-].[H-].[Mg+2]. The average Bonchev–Trinajstić information content (AvgIpc) is 0.811. The molecular formula is H6BClFeMgO3. The molecule has 0 bridgehead atoms. The monoisotopic (exact) mass is 180 g/mol. The predicted octanol–water partition coefficient (Wildman–Crippen LogP) is -1.79. The van der Waals surface area contributed by atoms with E-state index in [9.17, 15) is 0 Å². The summed E-state index contributed by atoms with van der Waals surface area (Å²) < 4.78 is 0. The van der Waals surface area contributed by atoms with Crippen LogP contribution in [0.1, 0.15) is 2.85 Å². The van der Waals surface area contributed by atoms with Gasteiger partial charge in [-0.25, -0.2) is 0 Å². The Balaban J connectivity index is -0.00000000450. The first-order chi connectivity index (χ1) is 1.73. The second kappa shape index (κ2) is 15.6. The molecule has 0 aliphatic rings. The molecule has 0 heterocycles. The Bertz CT molecular complexity index is 26.5. The molecule has 0 radical (unpaired) electrons. The average molecular weight is 180 g/mol. The van der Waals surface area contributed by atoms with Crippen LogP contribution in [0.25, 0.3) is 0 Å². The van der Waals surface area contributed by atoms with Gasteiger partial charge in [-0.15, -0.1) is 12.4 Å². The quantitative estimate of drug-likeness (QED) is 0.386. The molecule has 7 heteroatoms. The maximum Gasteiger partial charge on any atom is 2.00 e. The van der Waals surface area contributed by atoms with E-state index in [-0.39, 0.29) is 55.4 Å². The van der Waals surface area contributed by atoms with Gasteiger partial charge >= 0.3 is 30.4 Å². The first-order valence-electron chi connectivity index (χ1n) is 0.775. The molecular weight excluding hydrogens is 174 g/mol. The van der Waals surface area contributed by atoms with E-state index in [0.717, 1.165) is 0 Å². The van der Waals surface area contributed by atoms with Gasteiger partial charge in [0.1, 0.15) is 0 Å². The summed E-state index contributed by atoms with van der Waals surface area (Å²) in [5.74, 6) is 0. The molecule has 7 heavy (non-hydrogen) atoms. The molecule has 0 aromatic rings. The normalized spacial score (nSPS) is 3.86. The van der Waals surface area contributed by atoms with Crippen molar-refractivity contribution in [1.82, 2.24) is 0 Å². The summed E-state index contributed by atoms with van der Waals surface area (Å²) >= 11 is 0. The van der Waals surface area contributed by atoms with Gasteiger partial charge in [-0.2, -0.15) is 0 Å². The molecule has 0 aromatic carbocycles. The summed E-state index contributed by atoms with van der Waals surface area (Å²) in [4.78, 5) is 0. The molecule has 0 rings (SSSR count). The maximum absolute atomic E-state index is 7.17. The van der Waals surface area contributed by atoms with Gasteiger partial charge in [-0.3, -0.25) is 0 Å². The Labute approximate surface area is 77.7 Å². The summed E-state index contributed by atoms with van der Waals surface area (Å²) in [6, 6.07) is 0. The van der Waals surface area contributed by atoms with Gasteiger partial charge in [-0.05, 0) is 0 Å². The van der Waals surface area contributed by atoms with Gasteiger partial charge in [-0.1, -0.05) is 0 Å². The van der Waals surface area contributed by atoms with Crippen molar-refractivity contribution < 1.29 is 35.0 Å². The molecule has 0 aliphatic carbocycles. The Morgan fingerprint density at radius 3 is 1.14 bits per heavy atom. The smallest absolute Gasteiger partial charge is 1.00 e. The van der Waals surface area contributed by atoms with E-state index in [0.29, 0.717) is 0 Å². The summed E-state index contributed by atoms with van der Waals surface area (Å²) in [6.45, 7) is 0. The van der Waals surface area contributed by atoms with E-state index in [2.05, 4.69) is 0 Å². The van der Waals surface area contributed by atoms with E-state index >= 15 is 0 Å². The Hall–Kier alpha value is 1.52. The van der Waals surface area contributed by atoms with Gasteiger partial charge in [0.15, 0.2) is 0 Å². The van der Waals surface area contributed by atoms with Crippen LogP contribution in [0.15, 0.2) is 0 Å². The third-order valence-corrected chi connectivity index (χ3v) is 0. The van der Waals surface area contributed by atoms with Crippen molar-refractivity contribution in [3.63, 3.8) is 0 Å². The third kappa shape index (κ3) is 99.1. The molecule has 44 valence electrons. The summed E-state index contributed by atoms with van der Waals surface area (Å²) in [5.41, 5.74) is 0. The Kier molecular flexibility index (Phi) is 52.7. The minimum Gasteiger partial charge on any atom is -1.00 e. The van der Waals surface area contributed by atoms with E-state index < -0.39 is 7.32 Å². The standard InChI is InChI=1S/BH3O3.ClH.Fe.Mg.2H/c2-1(3)4;;;;;/h2-4H;1H;;;;/q;;;+2;2*-1. The van der Waals surface area contributed by atoms with Crippen molar-refractivity contribution in [2.75, 3.05) is 0 Å². The topological polar surface area (TPSA) is 60.7 Å². The number of halogens is 1. The van der Waals surface area contributed by atoms with Crippen LogP contribution in [0, 0.1) is 0 Å². The molecule has 0 saturated carbocycles. The zero-order chi connectivity index (χ0) is 3.58. The zero-order valence-corrected chi connectivity index (χ0v) is 6.72. The summed E-state index contributed by atoms with van der Waals surface area (Å²) in [6.07, 6.45) is 0. The van der Waals surface area contributed by atoms with Crippen molar-refractivity contribution in [2.45, 2.75) is 0 Å². The molecule has 0 amide bonds. The fourth-order valence-electron chi connectivity index (χ4n) is 0. The molecule has 3 N–H and O–H groups in total. The zero-order valence-electron chi connectivity index (χ0n) is 5.39. The fraction of sp³-hybridized carbons (Fsp3) is 0. The van der Waals surface area contributed by atoms with E-state index in [1.165, 1.54) is 0 Å². The van der Waals surface area contributed by atoms with Gasteiger partial charge in [0.25, 0.3) is 0 Å². The molecule has 0 spiro atoms. The van der Waals surface area contributed by atoms with Crippen molar-refractivity contribution in [3.8, 4) is 0 Å². The number of hydrogen-bond acceptors (Lipinski definition) is 3. The molecule has 3 nitrogen and oxygen atoms in total. The van der Waals surface area contributed by atoms with Crippen LogP contribution in [0.3, 0.4) is 0 Å². The third-order valence-electron chi connectivity index (χ3n) is 0. The molecule has 0 saturated heterocycles. The van der Waals surface area contributed by atoms with E-state index in [4.69, 9.17) is 15.1 Å². The second-order valence-corrected chi connectivity index (χ2v) is 0.346. The molecule has 0 fully saturated rings. The van der Waals surface area contributed by atoms with Crippen molar-refractivity contribution in [1.29, 1.82) is 0 Å². The maximum atomic E-state index is 7.17. The van der Waals surface area contributed by atoms with Crippen LogP contribution in [0.4, 0.5) is 0 Å². The Morgan fingerprint density at radius 2 is 1.14 bits per heavy atom. The summed E-state index contributed by atoms with van der Waals surface area (Å²) in [5, 5.41) is 21.5. The van der Waals surface area contributed by atoms with Crippen LogP contribution < -0.4 is 0 Å². The van der Waals surface area contributed by atoms with Crippen molar-refractivity contribution in [2.24, 2.45) is 0 Å². The van der Waals surface area contributed by atoms with Gasteiger partial charge in [0.2, 0.25) is 0 Å². The van der Waals surface area contributed by atoms with Crippen LogP contribution in [-0.2, 0) is 17.1 Å². The van der Waals surface area contributed by atoms with Gasteiger partial charge < -0.3 is 17.9 Å². The minimum absolute atomic E-state index is 0. The van der Waals surface area contributed by atoms with Crippen LogP contribution >= 0.6 is 12.4 Å². The van der Waals surface area contributed by atoms with Crippen molar-refractivity contribution in [3.05, 3.63) is 0 Å². The number of rotatable bonds is 0. The molecule has 0 atom stereocenters.